The molecule has 0 fully saturated rings. The summed E-state index contributed by atoms with van der Waals surface area (Å²) < 4.78 is 42.9. The molecule has 0 saturated heterocycles. The fraction of sp³-hybridized carbons (Fsp3) is 0.391. The van der Waals surface area contributed by atoms with Gasteiger partial charge in [-0.1, -0.05) is 48.5 Å². The second-order valence-electron chi connectivity index (χ2n) is 7.91. The van der Waals surface area contributed by atoms with Crippen molar-refractivity contribution in [3.8, 4) is 11.1 Å². The van der Waals surface area contributed by atoms with Crippen LogP contribution in [0, 0.1) is 0 Å². The van der Waals surface area contributed by atoms with Crippen molar-refractivity contribution in [1.82, 2.24) is 4.90 Å². The quantitative estimate of drug-likeness (QED) is 0.629. The average molecular weight is 435 g/mol. The van der Waals surface area contributed by atoms with E-state index < -0.39 is 36.6 Å². The number of fused-ring (bicyclic) bond motifs is 3. The lowest BCUT2D eigenvalue weighted by atomic mass is 9.93. The first kappa shape index (κ1) is 22.7. The Kier molecular flexibility index (Phi) is 6.29. The minimum atomic E-state index is -4.39. The van der Waals surface area contributed by atoms with Gasteiger partial charge in [-0.15, -0.1) is 0 Å². The molecule has 1 amide bonds. The van der Waals surface area contributed by atoms with Gasteiger partial charge in [0, 0.05) is 19.4 Å². The first-order valence-electron chi connectivity index (χ1n) is 9.93. The topological polar surface area (TPSA) is 66.8 Å². The number of carbonyl (C=O) groups is 2. The smallest absolute Gasteiger partial charge is 0.410 e. The number of likely N-dealkylation sites (N-methyl/N-ethyl adjacent to an activating group) is 1. The number of hydrogen-bond acceptors (Lipinski definition) is 3. The standard InChI is InChI=1S/C23H24F3NO4/c1-22(20(28)29,12-7-13-23(24,25)26)27(2)21(30)31-14-19-17-10-5-3-8-15(17)16-9-4-6-11-18(16)19/h3-6,8-11,19H,7,12-14H2,1-2H3,(H,28,29). The number of aliphatic carboxylic acids is 1. The maximum Gasteiger partial charge on any atom is 0.410 e. The van der Waals surface area contributed by atoms with E-state index in [-0.39, 0.29) is 18.9 Å². The number of amides is 1. The predicted octanol–water partition coefficient (Wildman–Crippen LogP) is 5.44. The van der Waals surface area contributed by atoms with Crippen LogP contribution in [0.25, 0.3) is 11.1 Å². The highest BCUT2D eigenvalue weighted by Crippen LogP contribution is 2.44. The monoisotopic (exact) mass is 435 g/mol. The maximum atomic E-state index is 12.7. The van der Waals surface area contributed by atoms with Crippen LogP contribution < -0.4 is 0 Å². The average Bonchev–Trinajstić information content (AvgIpc) is 3.04. The van der Waals surface area contributed by atoms with Crippen molar-refractivity contribution in [2.45, 2.75) is 43.8 Å². The summed E-state index contributed by atoms with van der Waals surface area (Å²) >= 11 is 0. The zero-order chi connectivity index (χ0) is 22.8. The second kappa shape index (κ2) is 8.61. The van der Waals surface area contributed by atoms with Gasteiger partial charge in [-0.3, -0.25) is 4.90 Å². The summed E-state index contributed by atoms with van der Waals surface area (Å²) in [6.45, 7) is 1.22. The minimum Gasteiger partial charge on any atom is -0.480 e. The summed E-state index contributed by atoms with van der Waals surface area (Å²) in [4.78, 5) is 25.3. The van der Waals surface area contributed by atoms with E-state index in [0.717, 1.165) is 27.2 Å². The van der Waals surface area contributed by atoms with Crippen LogP contribution in [0.5, 0.6) is 0 Å². The molecule has 166 valence electrons. The lowest BCUT2D eigenvalue weighted by Gasteiger charge is -2.34. The van der Waals surface area contributed by atoms with Gasteiger partial charge >= 0.3 is 18.2 Å². The molecule has 1 aliphatic rings. The number of carboxylic acid groups (broad SMARTS) is 1. The summed E-state index contributed by atoms with van der Waals surface area (Å²) in [7, 11) is 1.24. The fourth-order valence-corrected chi connectivity index (χ4v) is 3.94. The maximum absolute atomic E-state index is 12.7. The van der Waals surface area contributed by atoms with Gasteiger partial charge in [0.05, 0.1) is 0 Å². The van der Waals surface area contributed by atoms with Crippen molar-refractivity contribution in [2.75, 3.05) is 13.7 Å². The van der Waals surface area contributed by atoms with E-state index in [1.807, 2.05) is 48.5 Å². The van der Waals surface area contributed by atoms with Gasteiger partial charge in [-0.2, -0.15) is 13.2 Å². The summed E-state index contributed by atoms with van der Waals surface area (Å²) in [5, 5.41) is 9.59. The highest BCUT2D eigenvalue weighted by molar-refractivity contribution is 5.84. The van der Waals surface area contributed by atoms with Crippen LogP contribution in [0.2, 0.25) is 0 Å². The summed E-state index contributed by atoms with van der Waals surface area (Å²) in [5.74, 6) is -1.59. The van der Waals surface area contributed by atoms with Gasteiger partial charge in [0.15, 0.2) is 0 Å². The molecule has 0 radical (unpaired) electrons. The Bertz CT molecular complexity index is 930. The predicted molar refractivity (Wildman–Crippen MR) is 109 cm³/mol. The van der Waals surface area contributed by atoms with E-state index in [1.165, 1.54) is 14.0 Å². The van der Waals surface area contributed by atoms with E-state index in [9.17, 15) is 27.9 Å². The molecule has 0 saturated carbocycles. The van der Waals surface area contributed by atoms with Gasteiger partial charge in [-0.05, 0) is 42.0 Å². The SMILES string of the molecule is CN(C(=O)OCC1c2ccccc2-c2ccccc21)C(C)(CCCC(F)(F)F)C(=O)O. The van der Waals surface area contributed by atoms with Crippen LogP contribution in [0.4, 0.5) is 18.0 Å². The minimum absolute atomic E-state index is 0.00451. The molecule has 0 aliphatic heterocycles. The molecule has 0 bridgehead atoms. The number of ether oxygens (including phenoxy) is 1. The van der Waals surface area contributed by atoms with E-state index in [4.69, 9.17) is 4.74 Å². The van der Waals surface area contributed by atoms with Crippen LogP contribution in [0.3, 0.4) is 0 Å². The first-order valence-corrected chi connectivity index (χ1v) is 9.93. The normalized spacial score (nSPS) is 15.0. The zero-order valence-electron chi connectivity index (χ0n) is 17.3. The Labute approximate surface area is 178 Å². The van der Waals surface area contributed by atoms with E-state index >= 15 is 0 Å². The molecule has 31 heavy (non-hydrogen) atoms. The van der Waals surface area contributed by atoms with E-state index in [0.29, 0.717) is 0 Å². The third-order valence-corrected chi connectivity index (χ3v) is 5.93. The molecule has 1 atom stereocenters. The van der Waals surface area contributed by atoms with Gasteiger partial charge in [0.25, 0.3) is 0 Å². The molecule has 3 rings (SSSR count). The Balaban J connectivity index is 1.71. The van der Waals surface area contributed by atoms with Crippen LogP contribution in [-0.4, -0.2) is 47.4 Å². The Hall–Kier alpha value is -3.03. The molecular formula is C23H24F3NO4. The van der Waals surface area contributed by atoms with Crippen molar-refractivity contribution in [2.24, 2.45) is 0 Å². The summed E-state index contributed by atoms with van der Waals surface area (Å²) in [6, 6.07) is 15.5. The van der Waals surface area contributed by atoms with Crippen molar-refractivity contribution in [3.63, 3.8) is 0 Å². The molecule has 0 aromatic heterocycles. The highest BCUT2D eigenvalue weighted by atomic mass is 19.4. The molecule has 1 unspecified atom stereocenters. The Morgan fingerprint density at radius 2 is 1.52 bits per heavy atom. The zero-order valence-corrected chi connectivity index (χ0v) is 17.3. The third-order valence-electron chi connectivity index (χ3n) is 5.93. The molecule has 8 heteroatoms. The van der Waals surface area contributed by atoms with E-state index in [2.05, 4.69) is 0 Å². The Morgan fingerprint density at radius 3 is 2.00 bits per heavy atom. The lowest BCUT2D eigenvalue weighted by Crippen LogP contribution is -2.53. The third kappa shape index (κ3) is 4.68. The van der Waals surface area contributed by atoms with Gasteiger partial charge < -0.3 is 9.84 Å². The molecular weight excluding hydrogens is 411 g/mol. The lowest BCUT2D eigenvalue weighted by molar-refractivity contribution is -0.152. The summed E-state index contributed by atoms with van der Waals surface area (Å²) in [6.07, 6.45) is -7.15. The molecule has 0 spiro atoms. The molecule has 1 aliphatic carbocycles. The van der Waals surface area contributed by atoms with Crippen LogP contribution >= 0.6 is 0 Å². The van der Waals surface area contributed by atoms with Crippen molar-refractivity contribution < 1.29 is 32.6 Å². The number of benzene rings is 2. The molecule has 1 N–H and O–H groups in total. The number of rotatable bonds is 7. The van der Waals surface area contributed by atoms with Gasteiger partial charge in [-0.25, -0.2) is 9.59 Å². The molecule has 2 aromatic carbocycles. The van der Waals surface area contributed by atoms with E-state index in [1.54, 1.807) is 0 Å². The first-order chi connectivity index (χ1) is 14.5. The number of halogens is 3. The van der Waals surface area contributed by atoms with Crippen LogP contribution in [0.1, 0.15) is 43.2 Å². The van der Waals surface area contributed by atoms with Crippen molar-refractivity contribution in [3.05, 3.63) is 59.7 Å². The van der Waals surface area contributed by atoms with Crippen LogP contribution in [-0.2, 0) is 9.53 Å². The van der Waals surface area contributed by atoms with Gasteiger partial charge in [0.2, 0.25) is 0 Å². The molecule has 5 nitrogen and oxygen atoms in total. The number of alkyl halides is 3. The number of carboxylic acids is 1. The highest BCUT2D eigenvalue weighted by Gasteiger charge is 2.42. The largest absolute Gasteiger partial charge is 0.480 e. The van der Waals surface area contributed by atoms with Crippen molar-refractivity contribution in [1.29, 1.82) is 0 Å². The molecule has 2 aromatic rings. The number of hydrogen-bond donors (Lipinski definition) is 1. The summed E-state index contributed by atoms with van der Waals surface area (Å²) in [5.41, 5.74) is 2.30. The fourth-order valence-electron chi connectivity index (χ4n) is 3.94. The Morgan fingerprint density at radius 1 is 1.00 bits per heavy atom. The number of carbonyl (C=O) groups excluding carboxylic acids is 1. The van der Waals surface area contributed by atoms with Crippen LogP contribution in [0.15, 0.2) is 48.5 Å². The number of nitrogens with zero attached hydrogens (tertiary/aromatic N) is 1. The second-order valence-corrected chi connectivity index (χ2v) is 7.91. The molecule has 0 heterocycles. The van der Waals surface area contributed by atoms with Crippen molar-refractivity contribution >= 4 is 12.1 Å². The van der Waals surface area contributed by atoms with Gasteiger partial charge in [0.1, 0.15) is 12.1 Å².